The molecule has 0 saturated carbocycles. The van der Waals surface area contributed by atoms with Crippen LogP contribution in [0.5, 0.6) is 0 Å². The van der Waals surface area contributed by atoms with E-state index in [0.717, 1.165) is 5.69 Å². The SMILES string of the molecule is CN(C)c1ccc(NC(=O)c2cccc(C(=O)Nc3ccccc3)c2F)cc1. The van der Waals surface area contributed by atoms with E-state index in [9.17, 15) is 14.0 Å². The molecular weight excluding hydrogens is 357 g/mol. The average Bonchev–Trinajstić information content (AvgIpc) is 2.69. The predicted octanol–water partition coefficient (Wildman–Crippen LogP) is 4.40. The molecule has 3 aromatic rings. The first kappa shape index (κ1) is 19.1. The maximum atomic E-state index is 14.8. The zero-order chi connectivity index (χ0) is 20.1. The van der Waals surface area contributed by atoms with E-state index in [4.69, 9.17) is 0 Å². The predicted molar refractivity (Wildman–Crippen MR) is 110 cm³/mol. The third-order valence-electron chi connectivity index (χ3n) is 4.16. The topological polar surface area (TPSA) is 61.4 Å². The fourth-order valence-corrected chi connectivity index (χ4v) is 2.64. The zero-order valence-electron chi connectivity index (χ0n) is 15.6. The largest absolute Gasteiger partial charge is 0.378 e. The summed E-state index contributed by atoms with van der Waals surface area (Å²) in [7, 11) is 3.82. The number of anilines is 3. The summed E-state index contributed by atoms with van der Waals surface area (Å²) in [5.41, 5.74) is 1.66. The lowest BCUT2D eigenvalue weighted by molar-refractivity contribution is 0.102. The summed E-state index contributed by atoms with van der Waals surface area (Å²) in [5.74, 6) is -2.10. The van der Waals surface area contributed by atoms with E-state index >= 15 is 0 Å². The van der Waals surface area contributed by atoms with Crippen LogP contribution in [0.25, 0.3) is 0 Å². The molecule has 0 radical (unpaired) electrons. The second-order valence-electron chi connectivity index (χ2n) is 6.38. The van der Waals surface area contributed by atoms with Crippen molar-refractivity contribution in [2.45, 2.75) is 0 Å². The third-order valence-corrected chi connectivity index (χ3v) is 4.16. The Morgan fingerprint density at radius 2 is 1.21 bits per heavy atom. The quantitative estimate of drug-likeness (QED) is 0.693. The van der Waals surface area contributed by atoms with E-state index in [-0.39, 0.29) is 11.1 Å². The summed E-state index contributed by atoms with van der Waals surface area (Å²) in [5, 5.41) is 5.27. The van der Waals surface area contributed by atoms with Crippen LogP contribution >= 0.6 is 0 Å². The van der Waals surface area contributed by atoms with E-state index in [2.05, 4.69) is 10.6 Å². The van der Waals surface area contributed by atoms with Crippen molar-refractivity contribution in [1.82, 2.24) is 0 Å². The Morgan fingerprint density at radius 1 is 0.714 bits per heavy atom. The summed E-state index contributed by atoms with van der Waals surface area (Å²) >= 11 is 0. The van der Waals surface area contributed by atoms with Crippen LogP contribution in [0.3, 0.4) is 0 Å². The van der Waals surface area contributed by atoms with Gasteiger partial charge in [-0.05, 0) is 48.5 Å². The van der Waals surface area contributed by atoms with Gasteiger partial charge in [0.1, 0.15) is 5.82 Å². The van der Waals surface area contributed by atoms with Gasteiger partial charge in [-0.3, -0.25) is 9.59 Å². The molecule has 0 saturated heterocycles. The maximum absolute atomic E-state index is 14.8. The molecule has 0 bridgehead atoms. The van der Waals surface area contributed by atoms with Crippen LogP contribution in [0, 0.1) is 5.82 Å². The first-order chi connectivity index (χ1) is 13.5. The Hall–Kier alpha value is -3.67. The molecule has 0 fully saturated rings. The van der Waals surface area contributed by atoms with Crippen molar-refractivity contribution >= 4 is 28.9 Å². The van der Waals surface area contributed by atoms with Crippen molar-refractivity contribution in [1.29, 1.82) is 0 Å². The highest BCUT2D eigenvalue weighted by molar-refractivity contribution is 6.09. The number of benzene rings is 3. The molecule has 0 atom stereocenters. The first-order valence-electron chi connectivity index (χ1n) is 8.69. The molecule has 2 N–H and O–H groups in total. The first-order valence-corrected chi connectivity index (χ1v) is 8.69. The van der Waals surface area contributed by atoms with Gasteiger partial charge in [0.05, 0.1) is 11.1 Å². The number of nitrogens with one attached hydrogen (secondary N) is 2. The molecule has 0 heterocycles. The summed E-state index contributed by atoms with van der Waals surface area (Å²) in [6.45, 7) is 0. The molecule has 2 amide bonds. The van der Waals surface area contributed by atoms with Gasteiger partial charge in [-0.25, -0.2) is 4.39 Å². The molecular formula is C22H20FN3O2. The molecule has 0 aliphatic heterocycles. The fourth-order valence-electron chi connectivity index (χ4n) is 2.64. The van der Waals surface area contributed by atoms with Crippen LogP contribution in [-0.2, 0) is 0 Å². The van der Waals surface area contributed by atoms with Crippen LogP contribution < -0.4 is 15.5 Å². The molecule has 5 nitrogen and oxygen atoms in total. The summed E-state index contributed by atoms with van der Waals surface area (Å²) in [4.78, 5) is 26.8. The zero-order valence-corrected chi connectivity index (χ0v) is 15.6. The average molecular weight is 377 g/mol. The molecule has 3 aromatic carbocycles. The number of halogens is 1. The standard InChI is InChI=1S/C22H20FN3O2/c1-26(2)17-13-11-16(12-14-17)25-22(28)19-10-6-9-18(20(19)23)21(27)24-15-7-4-3-5-8-15/h3-14H,1-2H3,(H,24,27)(H,25,28). The van der Waals surface area contributed by atoms with Gasteiger partial charge in [-0.15, -0.1) is 0 Å². The van der Waals surface area contributed by atoms with Crippen LogP contribution in [0.1, 0.15) is 20.7 Å². The summed E-state index contributed by atoms with van der Waals surface area (Å²) < 4.78 is 14.8. The van der Waals surface area contributed by atoms with E-state index in [1.807, 2.05) is 37.2 Å². The Kier molecular flexibility index (Phi) is 5.69. The van der Waals surface area contributed by atoms with Crippen LogP contribution in [0.4, 0.5) is 21.5 Å². The minimum absolute atomic E-state index is 0.195. The van der Waals surface area contributed by atoms with Crippen LogP contribution in [-0.4, -0.2) is 25.9 Å². The Morgan fingerprint density at radius 3 is 1.71 bits per heavy atom. The Labute approximate surface area is 162 Å². The van der Waals surface area contributed by atoms with E-state index in [0.29, 0.717) is 11.4 Å². The third kappa shape index (κ3) is 4.35. The van der Waals surface area contributed by atoms with Gasteiger partial charge in [-0.2, -0.15) is 0 Å². The van der Waals surface area contributed by atoms with Crippen molar-refractivity contribution in [3.05, 3.63) is 89.7 Å². The monoisotopic (exact) mass is 377 g/mol. The highest BCUT2D eigenvalue weighted by atomic mass is 19.1. The van der Waals surface area contributed by atoms with Crippen molar-refractivity contribution in [2.24, 2.45) is 0 Å². The van der Waals surface area contributed by atoms with Gasteiger partial charge in [-0.1, -0.05) is 24.3 Å². The minimum Gasteiger partial charge on any atom is -0.378 e. The number of rotatable bonds is 5. The maximum Gasteiger partial charge on any atom is 0.258 e. The summed E-state index contributed by atoms with van der Waals surface area (Å²) in [6, 6.07) is 20.1. The molecule has 3 rings (SSSR count). The van der Waals surface area contributed by atoms with E-state index < -0.39 is 17.6 Å². The number of para-hydroxylation sites is 1. The van der Waals surface area contributed by atoms with E-state index in [1.54, 1.807) is 36.4 Å². The van der Waals surface area contributed by atoms with Crippen molar-refractivity contribution in [3.8, 4) is 0 Å². The molecule has 0 aliphatic carbocycles. The second-order valence-corrected chi connectivity index (χ2v) is 6.38. The molecule has 0 aromatic heterocycles. The smallest absolute Gasteiger partial charge is 0.258 e. The molecule has 28 heavy (non-hydrogen) atoms. The molecule has 142 valence electrons. The Bertz CT molecular complexity index is 986. The Balaban J connectivity index is 1.78. The number of nitrogens with zero attached hydrogens (tertiary/aromatic N) is 1. The van der Waals surface area contributed by atoms with Gasteiger partial charge in [0, 0.05) is 31.2 Å². The highest BCUT2D eigenvalue weighted by Crippen LogP contribution is 2.19. The molecule has 0 unspecified atom stereocenters. The van der Waals surface area contributed by atoms with Gasteiger partial charge in [0.15, 0.2) is 0 Å². The van der Waals surface area contributed by atoms with Gasteiger partial charge < -0.3 is 15.5 Å². The van der Waals surface area contributed by atoms with Crippen molar-refractivity contribution < 1.29 is 14.0 Å². The number of carbonyl (C=O) groups is 2. The molecule has 6 heteroatoms. The normalized spacial score (nSPS) is 10.2. The van der Waals surface area contributed by atoms with Crippen LogP contribution in [0.15, 0.2) is 72.8 Å². The van der Waals surface area contributed by atoms with Gasteiger partial charge in [0.2, 0.25) is 0 Å². The molecule has 0 aliphatic rings. The van der Waals surface area contributed by atoms with Gasteiger partial charge >= 0.3 is 0 Å². The lowest BCUT2D eigenvalue weighted by atomic mass is 10.1. The van der Waals surface area contributed by atoms with Crippen LogP contribution in [0.2, 0.25) is 0 Å². The second kappa shape index (κ2) is 8.35. The number of amides is 2. The lowest BCUT2D eigenvalue weighted by Crippen LogP contribution is -2.19. The summed E-state index contributed by atoms with van der Waals surface area (Å²) in [6.07, 6.45) is 0. The van der Waals surface area contributed by atoms with Crippen molar-refractivity contribution in [2.75, 3.05) is 29.6 Å². The highest BCUT2D eigenvalue weighted by Gasteiger charge is 2.19. The lowest BCUT2D eigenvalue weighted by Gasteiger charge is -2.13. The minimum atomic E-state index is -0.863. The van der Waals surface area contributed by atoms with E-state index in [1.165, 1.54) is 18.2 Å². The van der Waals surface area contributed by atoms with Gasteiger partial charge in [0.25, 0.3) is 11.8 Å². The number of hydrogen-bond donors (Lipinski definition) is 2. The van der Waals surface area contributed by atoms with Crippen molar-refractivity contribution in [3.63, 3.8) is 0 Å². The fraction of sp³-hybridized carbons (Fsp3) is 0.0909. The molecule has 0 spiro atoms. The number of hydrogen-bond acceptors (Lipinski definition) is 3. The number of carbonyl (C=O) groups excluding carboxylic acids is 2.